The van der Waals surface area contributed by atoms with Crippen LogP contribution in [-0.2, 0) is 11.2 Å². The van der Waals surface area contributed by atoms with Gasteiger partial charge in [-0.1, -0.05) is 30.3 Å². The van der Waals surface area contributed by atoms with Crippen molar-refractivity contribution in [1.82, 2.24) is 10.3 Å². The van der Waals surface area contributed by atoms with Crippen molar-refractivity contribution in [1.29, 1.82) is 5.26 Å². The molecule has 35 heavy (non-hydrogen) atoms. The molecule has 9 heteroatoms. The highest BCUT2D eigenvalue weighted by Gasteiger charge is 2.21. The zero-order valence-electron chi connectivity index (χ0n) is 19.1. The van der Waals surface area contributed by atoms with Crippen LogP contribution in [0.5, 0.6) is 0 Å². The molecule has 0 aliphatic heterocycles. The van der Waals surface area contributed by atoms with E-state index in [-0.39, 0.29) is 17.2 Å². The maximum absolute atomic E-state index is 13.5. The average molecular weight is 475 g/mol. The van der Waals surface area contributed by atoms with Crippen molar-refractivity contribution in [3.63, 3.8) is 0 Å². The summed E-state index contributed by atoms with van der Waals surface area (Å²) in [4.78, 5) is 29.5. The quantitative estimate of drug-likeness (QED) is 0.336. The number of carbonyl (C=O) groups excluding carboxylic acids is 2. The van der Waals surface area contributed by atoms with Gasteiger partial charge in [0.05, 0.1) is 22.9 Å². The van der Waals surface area contributed by atoms with Crippen LogP contribution in [-0.4, -0.2) is 35.9 Å². The molecule has 3 rings (SSSR count). The van der Waals surface area contributed by atoms with E-state index in [0.29, 0.717) is 49.2 Å². The largest absolute Gasteiger partial charge is 0.369 e. The Kier molecular flexibility index (Phi) is 8.87. The van der Waals surface area contributed by atoms with Crippen LogP contribution in [0, 0.1) is 17.1 Å². The molecule has 2 aromatic carbocycles. The van der Waals surface area contributed by atoms with E-state index in [2.05, 4.69) is 21.7 Å². The number of amides is 2. The average Bonchev–Trinajstić information content (AvgIpc) is 2.86. The summed E-state index contributed by atoms with van der Waals surface area (Å²) in [6.07, 6.45) is 1.33. The van der Waals surface area contributed by atoms with Crippen LogP contribution >= 0.6 is 0 Å². The molecule has 8 nitrogen and oxygen atoms in total. The Morgan fingerprint density at radius 2 is 1.91 bits per heavy atom. The minimum absolute atomic E-state index is 0.210. The number of anilines is 1. The van der Waals surface area contributed by atoms with E-state index in [1.165, 1.54) is 12.1 Å². The second-order valence-electron chi connectivity index (χ2n) is 7.92. The van der Waals surface area contributed by atoms with Gasteiger partial charge in [-0.2, -0.15) is 5.26 Å². The van der Waals surface area contributed by atoms with Crippen molar-refractivity contribution in [2.45, 2.75) is 25.3 Å². The summed E-state index contributed by atoms with van der Waals surface area (Å²) >= 11 is 0. The van der Waals surface area contributed by atoms with E-state index in [1.807, 2.05) is 0 Å². The Bertz CT molecular complexity index is 1240. The van der Waals surface area contributed by atoms with E-state index in [4.69, 9.17) is 11.5 Å². The SMILES string of the molecule is N#Cc1ccccc1-c1ccc(C(=O)N[C@@H](CCCN)C(N)=O)c(NCCc2cccc(F)c2)n1. The first kappa shape index (κ1) is 25.3. The van der Waals surface area contributed by atoms with Crippen LogP contribution in [0.4, 0.5) is 10.2 Å². The fraction of sp³-hybridized carbons (Fsp3) is 0.231. The van der Waals surface area contributed by atoms with E-state index in [1.54, 1.807) is 48.5 Å². The predicted octanol–water partition coefficient (Wildman–Crippen LogP) is 2.74. The van der Waals surface area contributed by atoms with Gasteiger partial charge in [0.2, 0.25) is 5.91 Å². The molecule has 0 aliphatic rings. The lowest BCUT2D eigenvalue weighted by molar-refractivity contribution is -0.120. The summed E-state index contributed by atoms with van der Waals surface area (Å²) in [7, 11) is 0. The maximum Gasteiger partial charge on any atom is 0.255 e. The number of aromatic nitrogens is 1. The lowest BCUT2D eigenvalue weighted by Crippen LogP contribution is -2.44. The molecule has 6 N–H and O–H groups in total. The van der Waals surface area contributed by atoms with Gasteiger partial charge in [-0.3, -0.25) is 9.59 Å². The molecule has 1 heterocycles. The molecule has 0 saturated carbocycles. The second kappa shape index (κ2) is 12.3. The number of carbonyl (C=O) groups is 2. The summed E-state index contributed by atoms with van der Waals surface area (Å²) in [5.41, 5.74) is 13.5. The molecular weight excluding hydrogens is 447 g/mol. The monoisotopic (exact) mass is 474 g/mol. The van der Waals surface area contributed by atoms with Crippen LogP contribution < -0.4 is 22.1 Å². The molecule has 3 aromatic rings. The lowest BCUT2D eigenvalue weighted by atomic mass is 10.0. The molecule has 0 aliphatic carbocycles. The van der Waals surface area contributed by atoms with Crippen molar-refractivity contribution in [3.05, 3.63) is 83.2 Å². The number of hydrogen-bond donors (Lipinski definition) is 4. The number of nitrogens with one attached hydrogen (secondary N) is 2. The molecule has 0 unspecified atom stereocenters. The molecule has 0 fully saturated rings. The number of nitriles is 1. The van der Waals surface area contributed by atoms with Gasteiger partial charge in [0.25, 0.3) is 5.91 Å². The van der Waals surface area contributed by atoms with Crippen LogP contribution in [0.3, 0.4) is 0 Å². The van der Waals surface area contributed by atoms with Gasteiger partial charge in [-0.15, -0.1) is 0 Å². The molecule has 2 amide bonds. The van der Waals surface area contributed by atoms with Gasteiger partial charge in [0.1, 0.15) is 17.7 Å². The summed E-state index contributed by atoms with van der Waals surface area (Å²) in [5, 5.41) is 15.3. The summed E-state index contributed by atoms with van der Waals surface area (Å²) in [6.45, 7) is 0.730. The number of rotatable bonds is 11. The highest BCUT2D eigenvalue weighted by atomic mass is 19.1. The van der Waals surface area contributed by atoms with Crippen LogP contribution in [0.15, 0.2) is 60.7 Å². The number of hydrogen-bond acceptors (Lipinski definition) is 6. The van der Waals surface area contributed by atoms with Crippen molar-refractivity contribution in [3.8, 4) is 17.3 Å². The van der Waals surface area contributed by atoms with Gasteiger partial charge in [-0.05, 0) is 61.7 Å². The topological polar surface area (TPSA) is 147 Å². The van der Waals surface area contributed by atoms with Crippen LogP contribution in [0.2, 0.25) is 0 Å². The minimum atomic E-state index is -0.870. The van der Waals surface area contributed by atoms with Crippen molar-refractivity contribution in [2.24, 2.45) is 11.5 Å². The Labute approximate surface area is 203 Å². The molecule has 180 valence electrons. The van der Waals surface area contributed by atoms with E-state index in [0.717, 1.165) is 5.56 Å². The first-order chi connectivity index (χ1) is 16.9. The molecule has 0 bridgehead atoms. The van der Waals surface area contributed by atoms with Crippen LogP contribution in [0.1, 0.15) is 34.3 Å². The number of halogens is 1. The van der Waals surface area contributed by atoms with E-state index >= 15 is 0 Å². The highest BCUT2D eigenvalue weighted by molar-refractivity contribution is 6.01. The second-order valence-corrected chi connectivity index (χ2v) is 7.92. The van der Waals surface area contributed by atoms with Crippen molar-refractivity contribution in [2.75, 3.05) is 18.4 Å². The van der Waals surface area contributed by atoms with Crippen molar-refractivity contribution >= 4 is 17.6 Å². The fourth-order valence-electron chi connectivity index (χ4n) is 3.59. The Morgan fingerprint density at radius 1 is 1.11 bits per heavy atom. The number of nitrogens with two attached hydrogens (primary N) is 2. The normalized spacial score (nSPS) is 11.3. The zero-order valence-corrected chi connectivity index (χ0v) is 19.1. The van der Waals surface area contributed by atoms with E-state index < -0.39 is 17.9 Å². The Balaban J connectivity index is 1.90. The lowest BCUT2D eigenvalue weighted by Gasteiger charge is -2.17. The molecule has 1 atom stereocenters. The van der Waals surface area contributed by atoms with E-state index in [9.17, 15) is 19.2 Å². The number of benzene rings is 2. The maximum atomic E-state index is 13.5. The highest BCUT2D eigenvalue weighted by Crippen LogP contribution is 2.25. The minimum Gasteiger partial charge on any atom is -0.369 e. The smallest absolute Gasteiger partial charge is 0.255 e. The Hall–Kier alpha value is -4.29. The first-order valence-electron chi connectivity index (χ1n) is 11.2. The molecule has 0 radical (unpaired) electrons. The van der Waals surface area contributed by atoms with Crippen LogP contribution in [0.25, 0.3) is 11.3 Å². The Morgan fingerprint density at radius 3 is 2.63 bits per heavy atom. The fourth-order valence-corrected chi connectivity index (χ4v) is 3.59. The molecule has 0 saturated heterocycles. The number of primary amides is 1. The summed E-state index contributed by atoms with van der Waals surface area (Å²) < 4.78 is 13.5. The van der Waals surface area contributed by atoms with Gasteiger partial charge in [0.15, 0.2) is 0 Å². The van der Waals surface area contributed by atoms with Gasteiger partial charge in [-0.25, -0.2) is 9.37 Å². The number of pyridine rings is 1. The number of nitrogens with zero attached hydrogens (tertiary/aromatic N) is 2. The van der Waals surface area contributed by atoms with Gasteiger partial charge < -0.3 is 22.1 Å². The predicted molar refractivity (Wildman–Crippen MR) is 132 cm³/mol. The first-order valence-corrected chi connectivity index (χ1v) is 11.2. The third-order valence-electron chi connectivity index (χ3n) is 5.40. The third-order valence-corrected chi connectivity index (χ3v) is 5.40. The van der Waals surface area contributed by atoms with Gasteiger partial charge in [0, 0.05) is 12.1 Å². The summed E-state index contributed by atoms with van der Waals surface area (Å²) in [6, 6.07) is 17.8. The zero-order chi connectivity index (χ0) is 25.2. The molecular formula is C26H27FN6O2. The van der Waals surface area contributed by atoms with Gasteiger partial charge >= 0.3 is 0 Å². The third kappa shape index (κ3) is 6.85. The van der Waals surface area contributed by atoms with Crippen molar-refractivity contribution < 1.29 is 14.0 Å². The molecule has 0 spiro atoms. The summed E-state index contributed by atoms with van der Waals surface area (Å²) in [5.74, 6) is -1.23. The standard InChI is InChI=1S/C26H27FN6O2/c27-19-7-3-5-17(15-19)12-14-31-25-21(26(35)33-23(24(30)34)9-4-13-28)10-11-22(32-25)20-8-2-1-6-18(20)16-29/h1-3,5-8,10-11,15,23H,4,9,12-14,28H2,(H2,30,34)(H,31,32)(H,33,35)/t23-/m0/s1. The molecule has 1 aromatic heterocycles.